The monoisotopic (exact) mass is 672 g/mol. The van der Waals surface area contributed by atoms with E-state index in [1.807, 2.05) is 0 Å². The van der Waals surface area contributed by atoms with Crippen molar-refractivity contribution in [3.63, 3.8) is 0 Å². The van der Waals surface area contributed by atoms with Gasteiger partial charge in [0.2, 0.25) is 11.8 Å². The third-order valence-corrected chi connectivity index (χ3v) is 7.00. The lowest BCUT2D eigenvalue weighted by Gasteiger charge is -2.07. The van der Waals surface area contributed by atoms with Gasteiger partial charge in [-0.1, -0.05) is 53.9 Å². The van der Waals surface area contributed by atoms with Crippen molar-refractivity contribution in [3.05, 3.63) is 129 Å². The summed E-state index contributed by atoms with van der Waals surface area (Å²) in [4.78, 5) is 49.3. The standard InChI is InChI=1S/C35H30Cl2N4O6/c36-28-18-14-24(15-19-28)34(44)46-30-10-6-4-8-26(30)22-38-40-32(42)12-2-1-3-13-33(43)41-39-23-27-9-5-7-11-31(27)47-35(45)25-16-20-29(37)21-17-25/h4-11,14-23H,1-3,12-13H2,(H,40,42)(H,41,43)/b38-22-,39-23-. The minimum Gasteiger partial charge on any atom is -0.422 e. The van der Waals surface area contributed by atoms with Crippen molar-refractivity contribution in [1.29, 1.82) is 0 Å². The van der Waals surface area contributed by atoms with Gasteiger partial charge in [-0.3, -0.25) is 9.59 Å². The van der Waals surface area contributed by atoms with Gasteiger partial charge in [-0.2, -0.15) is 10.2 Å². The zero-order valence-electron chi connectivity index (χ0n) is 25.0. The van der Waals surface area contributed by atoms with Gasteiger partial charge in [-0.25, -0.2) is 20.4 Å². The molecule has 2 N–H and O–H groups in total. The van der Waals surface area contributed by atoms with Gasteiger partial charge in [-0.15, -0.1) is 0 Å². The van der Waals surface area contributed by atoms with Crippen LogP contribution >= 0.6 is 23.2 Å². The number of esters is 2. The van der Waals surface area contributed by atoms with Crippen molar-refractivity contribution in [2.24, 2.45) is 10.2 Å². The second-order valence-corrected chi connectivity index (χ2v) is 10.9. The topological polar surface area (TPSA) is 136 Å². The zero-order chi connectivity index (χ0) is 33.4. The molecule has 0 fully saturated rings. The number of carbonyl (C=O) groups excluding carboxylic acids is 4. The Hall–Kier alpha value is -5.32. The quantitative estimate of drug-likeness (QED) is 0.0488. The van der Waals surface area contributed by atoms with Crippen LogP contribution in [0.5, 0.6) is 11.5 Å². The van der Waals surface area contributed by atoms with Crippen LogP contribution in [-0.4, -0.2) is 36.2 Å². The largest absolute Gasteiger partial charge is 0.422 e. The third kappa shape index (κ3) is 11.5. The molecule has 0 aromatic heterocycles. The minimum absolute atomic E-state index is 0.218. The van der Waals surface area contributed by atoms with Crippen molar-refractivity contribution < 1.29 is 28.7 Å². The summed E-state index contributed by atoms with van der Waals surface area (Å²) >= 11 is 11.7. The van der Waals surface area contributed by atoms with E-state index in [9.17, 15) is 19.2 Å². The number of nitrogens with one attached hydrogen (secondary N) is 2. The number of hydrogen-bond donors (Lipinski definition) is 2. The lowest BCUT2D eigenvalue weighted by Crippen LogP contribution is -2.18. The van der Waals surface area contributed by atoms with E-state index in [1.165, 1.54) is 12.4 Å². The Labute approximate surface area is 281 Å². The number of carbonyl (C=O) groups is 4. The van der Waals surface area contributed by atoms with Gasteiger partial charge in [0, 0.05) is 34.0 Å². The number of hydrogen-bond acceptors (Lipinski definition) is 8. The van der Waals surface area contributed by atoms with Crippen molar-refractivity contribution in [2.75, 3.05) is 0 Å². The molecule has 0 heterocycles. The summed E-state index contributed by atoms with van der Waals surface area (Å²) in [5.74, 6) is -1.11. The number of amides is 2. The molecule has 0 spiro atoms. The van der Waals surface area contributed by atoms with Crippen LogP contribution in [-0.2, 0) is 9.59 Å². The fourth-order valence-corrected chi connectivity index (χ4v) is 4.31. The molecule has 10 nitrogen and oxygen atoms in total. The van der Waals surface area contributed by atoms with Crippen LogP contribution in [0.25, 0.3) is 0 Å². The minimum atomic E-state index is -0.550. The maximum absolute atomic E-state index is 12.4. The summed E-state index contributed by atoms with van der Waals surface area (Å²) in [6.07, 6.45) is 4.98. The number of para-hydroxylation sites is 2. The first-order valence-corrected chi connectivity index (χ1v) is 15.3. The van der Waals surface area contributed by atoms with Gasteiger partial charge in [0.25, 0.3) is 0 Å². The van der Waals surface area contributed by atoms with E-state index in [0.29, 0.717) is 51.6 Å². The first-order valence-electron chi connectivity index (χ1n) is 14.6. The highest BCUT2D eigenvalue weighted by molar-refractivity contribution is 6.31. The van der Waals surface area contributed by atoms with Crippen LogP contribution < -0.4 is 20.3 Å². The number of ether oxygens (including phenoxy) is 2. The Morgan fingerprint density at radius 3 is 1.34 bits per heavy atom. The van der Waals surface area contributed by atoms with Crippen molar-refractivity contribution in [2.45, 2.75) is 32.1 Å². The van der Waals surface area contributed by atoms with Crippen LogP contribution in [0.4, 0.5) is 0 Å². The molecule has 0 aliphatic heterocycles. The molecular formula is C35H30Cl2N4O6. The molecule has 2 amide bonds. The predicted molar refractivity (Wildman–Crippen MR) is 180 cm³/mol. The zero-order valence-corrected chi connectivity index (χ0v) is 26.5. The van der Waals surface area contributed by atoms with Crippen LogP contribution in [0.15, 0.2) is 107 Å². The van der Waals surface area contributed by atoms with E-state index in [0.717, 1.165) is 0 Å². The Morgan fingerprint density at radius 1 is 0.553 bits per heavy atom. The van der Waals surface area contributed by atoms with Crippen LogP contribution in [0, 0.1) is 0 Å². The highest BCUT2D eigenvalue weighted by atomic mass is 35.5. The summed E-state index contributed by atoms with van der Waals surface area (Å²) < 4.78 is 11.0. The van der Waals surface area contributed by atoms with Crippen LogP contribution in [0.3, 0.4) is 0 Å². The van der Waals surface area contributed by atoms with E-state index >= 15 is 0 Å². The Bertz CT molecular complexity index is 1630. The molecule has 0 unspecified atom stereocenters. The fraction of sp³-hybridized carbons (Fsp3) is 0.143. The summed E-state index contributed by atoms with van der Waals surface area (Å²) in [6, 6.07) is 26.2. The molecule has 0 aliphatic rings. The number of rotatable bonds is 14. The molecule has 0 saturated carbocycles. The Kier molecular flexibility index (Phi) is 13.2. The van der Waals surface area contributed by atoms with Crippen molar-refractivity contribution in [1.82, 2.24) is 10.9 Å². The summed E-state index contributed by atoms with van der Waals surface area (Å²) in [5.41, 5.74) is 6.62. The van der Waals surface area contributed by atoms with E-state index in [2.05, 4.69) is 21.1 Å². The normalized spacial score (nSPS) is 10.9. The van der Waals surface area contributed by atoms with Crippen molar-refractivity contribution in [3.8, 4) is 11.5 Å². The SMILES string of the molecule is O=C(CCCCCC(=O)N/N=C\c1ccccc1OC(=O)c1ccc(Cl)cc1)N/N=C\c1ccccc1OC(=O)c1ccc(Cl)cc1. The average molecular weight is 674 g/mol. The van der Waals surface area contributed by atoms with Gasteiger partial charge in [0.05, 0.1) is 23.6 Å². The van der Waals surface area contributed by atoms with Crippen LogP contribution in [0.2, 0.25) is 10.0 Å². The summed E-state index contributed by atoms with van der Waals surface area (Å²) in [5, 5.41) is 8.96. The molecule has 240 valence electrons. The average Bonchev–Trinajstić information content (AvgIpc) is 3.06. The predicted octanol–water partition coefficient (Wildman–Crippen LogP) is 6.98. The lowest BCUT2D eigenvalue weighted by atomic mass is 10.1. The second-order valence-electron chi connectivity index (χ2n) is 10.0. The second kappa shape index (κ2) is 18.0. The van der Waals surface area contributed by atoms with E-state index in [-0.39, 0.29) is 36.2 Å². The Morgan fingerprint density at radius 2 is 0.936 bits per heavy atom. The molecule has 0 aliphatic carbocycles. The molecule has 47 heavy (non-hydrogen) atoms. The number of hydrazone groups is 2. The van der Waals surface area contributed by atoms with Crippen LogP contribution in [0.1, 0.15) is 63.9 Å². The van der Waals surface area contributed by atoms with Gasteiger partial charge < -0.3 is 9.47 Å². The molecule has 12 heteroatoms. The molecule has 0 atom stereocenters. The lowest BCUT2D eigenvalue weighted by molar-refractivity contribution is -0.121. The summed E-state index contributed by atoms with van der Waals surface area (Å²) in [7, 11) is 0. The van der Waals surface area contributed by atoms with E-state index in [1.54, 1.807) is 97.1 Å². The maximum atomic E-state index is 12.4. The highest BCUT2D eigenvalue weighted by Crippen LogP contribution is 2.20. The van der Waals surface area contributed by atoms with Gasteiger partial charge in [0.15, 0.2) is 0 Å². The molecule has 0 bridgehead atoms. The first-order chi connectivity index (χ1) is 22.8. The molecule has 0 saturated heterocycles. The number of halogens is 2. The maximum Gasteiger partial charge on any atom is 0.343 e. The first kappa shape index (κ1) is 34.6. The molecule has 4 rings (SSSR count). The van der Waals surface area contributed by atoms with E-state index in [4.69, 9.17) is 32.7 Å². The molecule has 4 aromatic carbocycles. The smallest absolute Gasteiger partial charge is 0.343 e. The van der Waals surface area contributed by atoms with E-state index < -0.39 is 11.9 Å². The third-order valence-electron chi connectivity index (χ3n) is 6.50. The molecular weight excluding hydrogens is 643 g/mol. The molecule has 0 radical (unpaired) electrons. The highest BCUT2D eigenvalue weighted by Gasteiger charge is 2.12. The summed E-state index contributed by atoms with van der Waals surface area (Å²) in [6.45, 7) is 0. The van der Waals surface area contributed by atoms with Gasteiger partial charge in [-0.05, 0) is 85.6 Å². The van der Waals surface area contributed by atoms with Gasteiger partial charge in [0.1, 0.15) is 11.5 Å². The fourth-order valence-electron chi connectivity index (χ4n) is 4.06. The number of benzene rings is 4. The molecule has 4 aromatic rings. The van der Waals surface area contributed by atoms with Crippen molar-refractivity contribution >= 4 is 59.4 Å². The Balaban J connectivity index is 1.13. The number of unbranched alkanes of at least 4 members (excludes halogenated alkanes) is 2. The van der Waals surface area contributed by atoms with Gasteiger partial charge >= 0.3 is 11.9 Å². The number of nitrogens with zero attached hydrogens (tertiary/aromatic N) is 2.